The molecule has 0 N–H and O–H groups in total. The molecule has 2 aromatic carbocycles. The molecule has 1 atom stereocenters. The highest BCUT2D eigenvalue weighted by Crippen LogP contribution is 2.54. The Labute approximate surface area is 294 Å². The molecule has 0 saturated carbocycles. The molecular weight excluding hydrogens is 686 g/mol. The molecular formula is C35H41F3N6O6Si. The lowest BCUT2D eigenvalue weighted by Gasteiger charge is -2.37. The zero-order chi connectivity index (χ0) is 37.5. The number of halogens is 3. The zero-order valence-electron chi connectivity index (χ0n) is 30.1. The van der Waals surface area contributed by atoms with E-state index in [9.17, 15) is 10.1 Å². The lowest BCUT2D eigenvalue weighted by molar-refractivity contribution is -0.276. The van der Waals surface area contributed by atoms with Crippen molar-refractivity contribution in [1.29, 1.82) is 5.26 Å². The van der Waals surface area contributed by atoms with E-state index in [0.717, 1.165) is 10.6 Å². The van der Waals surface area contributed by atoms with Gasteiger partial charge in [0.05, 0.1) is 40.9 Å². The van der Waals surface area contributed by atoms with Gasteiger partial charge in [-0.2, -0.15) is 18.4 Å². The molecule has 12 nitrogen and oxygen atoms in total. The van der Waals surface area contributed by atoms with Gasteiger partial charge < -0.3 is 27.9 Å². The maximum atomic E-state index is 16.5. The summed E-state index contributed by atoms with van der Waals surface area (Å²) in [5, 5.41) is 17.3. The standard InChI is InChI=1S/C35H41F3N6O6Si/c1-21-16-27(46-6)29(24-12-13-43(30(21)24)32(45)50-33(3,4)5)34(35(36,37)38,48-19-28-42-41-22(2)49-28)31-40-25-17-23(18-39)10-11-26(25)44(31)20-47-14-15-51(7,8)9/h10-13,16-17H,14-15,19-20H2,1-9H3. The van der Waals surface area contributed by atoms with Gasteiger partial charge in [0.15, 0.2) is 5.82 Å². The van der Waals surface area contributed by atoms with Gasteiger partial charge in [-0.1, -0.05) is 19.6 Å². The fraction of sp³-hybridized carbons (Fsp3) is 0.457. The minimum absolute atomic E-state index is 0.00675. The van der Waals surface area contributed by atoms with Crippen molar-refractivity contribution in [2.45, 2.75) is 91.0 Å². The van der Waals surface area contributed by atoms with E-state index < -0.39 is 49.5 Å². The van der Waals surface area contributed by atoms with Crippen LogP contribution in [0.5, 0.6) is 5.75 Å². The number of rotatable bonds is 11. The summed E-state index contributed by atoms with van der Waals surface area (Å²) in [5.74, 6) is -0.867. The number of methoxy groups -OCH3 is 1. The molecule has 0 fully saturated rings. The smallest absolute Gasteiger partial charge is 0.429 e. The van der Waals surface area contributed by atoms with Crippen molar-refractivity contribution in [2.24, 2.45) is 0 Å². The molecule has 0 radical (unpaired) electrons. The summed E-state index contributed by atoms with van der Waals surface area (Å²) < 4.78 is 80.8. The predicted molar refractivity (Wildman–Crippen MR) is 184 cm³/mol. The molecule has 1 unspecified atom stereocenters. The Morgan fingerprint density at radius 1 is 1.08 bits per heavy atom. The van der Waals surface area contributed by atoms with E-state index in [-0.39, 0.29) is 51.8 Å². The second kappa shape index (κ2) is 13.8. The molecule has 51 heavy (non-hydrogen) atoms. The molecule has 3 aromatic heterocycles. The van der Waals surface area contributed by atoms with Crippen LogP contribution in [0.2, 0.25) is 25.7 Å². The summed E-state index contributed by atoms with van der Waals surface area (Å²) in [6.07, 6.45) is -4.69. The van der Waals surface area contributed by atoms with E-state index in [0.29, 0.717) is 12.2 Å². The third-order valence-corrected chi connectivity index (χ3v) is 9.78. The molecule has 0 amide bonds. The third kappa shape index (κ3) is 7.51. The van der Waals surface area contributed by atoms with Crippen molar-refractivity contribution < 1.29 is 41.3 Å². The van der Waals surface area contributed by atoms with Gasteiger partial charge in [0.2, 0.25) is 11.8 Å². The number of fused-ring (bicyclic) bond motifs is 2. The Kier molecular flexibility index (Phi) is 10.1. The van der Waals surface area contributed by atoms with E-state index in [1.54, 1.807) is 27.7 Å². The Hall–Kier alpha value is -4.72. The highest BCUT2D eigenvalue weighted by atomic mass is 28.3. The molecule has 3 heterocycles. The maximum Gasteiger partial charge on any atom is 0.429 e. The zero-order valence-corrected chi connectivity index (χ0v) is 31.1. The topological polar surface area (TPSA) is 139 Å². The van der Waals surface area contributed by atoms with Gasteiger partial charge in [0, 0.05) is 33.2 Å². The number of nitriles is 1. The molecule has 0 saturated heterocycles. The van der Waals surface area contributed by atoms with Gasteiger partial charge in [-0.15, -0.1) is 10.2 Å². The lowest BCUT2D eigenvalue weighted by Crippen LogP contribution is -2.48. The summed E-state index contributed by atoms with van der Waals surface area (Å²) in [6.45, 7) is 13.9. The first-order valence-corrected chi connectivity index (χ1v) is 19.9. The van der Waals surface area contributed by atoms with Crippen LogP contribution in [0.15, 0.2) is 40.9 Å². The third-order valence-electron chi connectivity index (χ3n) is 8.07. The number of ether oxygens (including phenoxy) is 4. The van der Waals surface area contributed by atoms with Crippen molar-refractivity contribution in [3.05, 3.63) is 70.8 Å². The van der Waals surface area contributed by atoms with E-state index in [1.807, 2.05) is 6.07 Å². The van der Waals surface area contributed by atoms with Crippen LogP contribution in [0.3, 0.4) is 0 Å². The lowest BCUT2D eigenvalue weighted by atomic mass is 9.86. The van der Waals surface area contributed by atoms with Crippen LogP contribution in [0, 0.1) is 25.2 Å². The van der Waals surface area contributed by atoms with Crippen molar-refractivity contribution in [2.75, 3.05) is 13.7 Å². The van der Waals surface area contributed by atoms with Crippen molar-refractivity contribution in [3.8, 4) is 11.8 Å². The van der Waals surface area contributed by atoms with Crippen LogP contribution in [0.4, 0.5) is 18.0 Å². The van der Waals surface area contributed by atoms with Gasteiger partial charge >= 0.3 is 12.3 Å². The SMILES string of the molecule is COc1cc(C)c2c(ccn2C(=O)OC(C)(C)C)c1C(OCc1nnc(C)o1)(c1nc2cc(C#N)ccc2n1COCC[Si](C)(C)C)C(F)(F)F. The second-order valence-corrected chi connectivity index (χ2v) is 20.0. The fourth-order valence-electron chi connectivity index (χ4n) is 5.79. The number of imidazole rings is 1. The number of nitrogens with zero attached hydrogens (tertiary/aromatic N) is 6. The summed E-state index contributed by atoms with van der Waals surface area (Å²) in [4.78, 5) is 18.0. The number of hydrogen-bond acceptors (Lipinski definition) is 10. The predicted octanol–water partition coefficient (Wildman–Crippen LogP) is 7.99. The fourth-order valence-corrected chi connectivity index (χ4v) is 6.55. The summed E-state index contributed by atoms with van der Waals surface area (Å²) in [5.41, 5.74) is -3.60. The van der Waals surface area contributed by atoms with Gasteiger partial charge in [-0.25, -0.2) is 9.78 Å². The van der Waals surface area contributed by atoms with E-state index in [4.69, 9.17) is 23.4 Å². The molecule has 0 aliphatic heterocycles. The number of carbonyl (C=O) groups excluding carboxylic acids is 1. The number of hydrogen-bond donors (Lipinski definition) is 0. The van der Waals surface area contributed by atoms with Gasteiger partial charge in [-0.05, 0) is 69.6 Å². The quantitative estimate of drug-likeness (QED) is 0.0972. The number of alkyl halides is 3. The monoisotopic (exact) mass is 726 g/mol. The van der Waals surface area contributed by atoms with Crippen LogP contribution < -0.4 is 4.74 Å². The molecule has 0 spiro atoms. The van der Waals surface area contributed by atoms with Crippen LogP contribution in [0.1, 0.15) is 55.1 Å². The molecule has 0 aliphatic rings. The second-order valence-electron chi connectivity index (χ2n) is 14.4. The Morgan fingerprint density at radius 3 is 2.39 bits per heavy atom. The van der Waals surface area contributed by atoms with Gasteiger partial charge in [-0.3, -0.25) is 4.57 Å². The average Bonchev–Trinajstić information content (AvgIpc) is 3.75. The summed E-state index contributed by atoms with van der Waals surface area (Å²) in [7, 11) is -0.318. The molecule has 5 aromatic rings. The van der Waals surface area contributed by atoms with E-state index >= 15 is 13.2 Å². The summed E-state index contributed by atoms with van der Waals surface area (Å²) >= 11 is 0. The maximum absolute atomic E-state index is 16.5. The molecule has 16 heteroatoms. The van der Waals surface area contributed by atoms with Crippen LogP contribution in [-0.2, 0) is 33.1 Å². The van der Waals surface area contributed by atoms with Crippen LogP contribution in [-0.4, -0.2) is 64.0 Å². The van der Waals surface area contributed by atoms with Crippen LogP contribution >= 0.6 is 0 Å². The van der Waals surface area contributed by atoms with Crippen molar-refractivity contribution in [3.63, 3.8) is 0 Å². The Balaban J connectivity index is 1.88. The first-order valence-electron chi connectivity index (χ1n) is 16.2. The Bertz CT molecular complexity index is 2120. The van der Waals surface area contributed by atoms with Gasteiger partial charge in [0.25, 0.3) is 5.60 Å². The molecule has 272 valence electrons. The van der Waals surface area contributed by atoms with E-state index in [2.05, 4.69) is 34.8 Å². The number of aryl methyl sites for hydroxylation is 2. The van der Waals surface area contributed by atoms with Gasteiger partial charge in [0.1, 0.15) is 24.7 Å². The van der Waals surface area contributed by atoms with Crippen molar-refractivity contribution >= 4 is 36.1 Å². The molecule has 0 aliphatic carbocycles. The molecule has 0 bridgehead atoms. The average molecular weight is 727 g/mol. The van der Waals surface area contributed by atoms with E-state index in [1.165, 1.54) is 55.1 Å². The highest BCUT2D eigenvalue weighted by Gasteiger charge is 2.64. The van der Waals surface area contributed by atoms with Crippen LogP contribution in [0.25, 0.3) is 21.9 Å². The number of carbonyl (C=O) groups is 1. The minimum Gasteiger partial charge on any atom is -0.496 e. The molecule has 5 rings (SSSR count). The number of aromatic nitrogens is 5. The van der Waals surface area contributed by atoms with Crippen molar-refractivity contribution in [1.82, 2.24) is 24.3 Å². The largest absolute Gasteiger partial charge is 0.496 e. The Morgan fingerprint density at radius 2 is 1.80 bits per heavy atom. The normalized spacial score (nSPS) is 13.8. The first kappa shape index (κ1) is 37.5. The first-order chi connectivity index (χ1) is 23.8. The number of benzene rings is 2. The minimum atomic E-state index is -5.25. The highest BCUT2D eigenvalue weighted by molar-refractivity contribution is 6.76. The summed E-state index contributed by atoms with van der Waals surface area (Å²) in [6, 6.07) is 9.99.